The Morgan fingerprint density at radius 2 is 1.86 bits per heavy atom. The summed E-state index contributed by atoms with van der Waals surface area (Å²) in [6.07, 6.45) is 1.22. The molecule has 0 bridgehead atoms. The summed E-state index contributed by atoms with van der Waals surface area (Å²) in [5.41, 5.74) is 0.533. The summed E-state index contributed by atoms with van der Waals surface area (Å²) in [6.45, 7) is 6.58. The van der Waals surface area contributed by atoms with Gasteiger partial charge in [0.1, 0.15) is 0 Å². The number of likely N-dealkylation sites (tertiary alicyclic amines) is 1. The Morgan fingerprint density at radius 3 is 2.43 bits per heavy atom. The quantitative estimate of drug-likeness (QED) is 0.900. The molecule has 5 heteroatoms. The molecule has 1 amide bonds. The SMILES string of the molecule is CCCN1C[C@@H]2C(CNC(=O)c3cc(Cl)cc(Cl)c3)[C@@H]2C1. The minimum atomic E-state index is -0.0882. The maximum Gasteiger partial charge on any atom is 0.251 e. The molecular weight excluding hydrogens is 307 g/mol. The maximum absolute atomic E-state index is 12.1. The van der Waals surface area contributed by atoms with Gasteiger partial charge in [0.2, 0.25) is 0 Å². The molecule has 0 aromatic heterocycles. The number of nitrogens with one attached hydrogen (secondary N) is 1. The van der Waals surface area contributed by atoms with Crippen molar-refractivity contribution in [2.75, 3.05) is 26.2 Å². The van der Waals surface area contributed by atoms with Crippen molar-refractivity contribution in [3.05, 3.63) is 33.8 Å². The van der Waals surface area contributed by atoms with Gasteiger partial charge in [0.15, 0.2) is 0 Å². The number of carbonyl (C=O) groups is 1. The van der Waals surface area contributed by atoms with Gasteiger partial charge in [-0.3, -0.25) is 4.79 Å². The lowest BCUT2D eigenvalue weighted by Gasteiger charge is -2.18. The summed E-state index contributed by atoms with van der Waals surface area (Å²) in [5.74, 6) is 2.12. The number of amides is 1. The van der Waals surface area contributed by atoms with Crippen LogP contribution in [0.5, 0.6) is 0 Å². The number of carbonyl (C=O) groups excluding carboxylic acids is 1. The fraction of sp³-hybridized carbons (Fsp3) is 0.562. The molecule has 21 heavy (non-hydrogen) atoms. The highest BCUT2D eigenvalue weighted by molar-refractivity contribution is 6.35. The third-order valence-electron chi connectivity index (χ3n) is 4.61. The molecular formula is C16H20Cl2N2O. The highest BCUT2D eigenvalue weighted by Gasteiger charge is 2.54. The number of piperidine rings is 1. The van der Waals surface area contributed by atoms with Crippen LogP contribution in [-0.2, 0) is 0 Å². The monoisotopic (exact) mass is 326 g/mol. The molecule has 1 unspecified atom stereocenters. The van der Waals surface area contributed by atoms with E-state index in [4.69, 9.17) is 23.2 Å². The summed E-state index contributed by atoms with van der Waals surface area (Å²) in [5, 5.41) is 4.00. The van der Waals surface area contributed by atoms with E-state index in [1.807, 2.05) is 0 Å². The van der Waals surface area contributed by atoms with Gasteiger partial charge < -0.3 is 10.2 Å². The highest BCUT2D eigenvalue weighted by atomic mass is 35.5. The maximum atomic E-state index is 12.1. The molecule has 1 saturated heterocycles. The summed E-state index contributed by atoms with van der Waals surface area (Å²) in [7, 11) is 0. The van der Waals surface area contributed by atoms with Crippen LogP contribution in [-0.4, -0.2) is 37.0 Å². The summed E-state index contributed by atoms with van der Waals surface area (Å²) in [4.78, 5) is 14.7. The predicted molar refractivity (Wildman–Crippen MR) is 86.0 cm³/mol. The van der Waals surface area contributed by atoms with E-state index in [9.17, 15) is 4.79 Å². The van der Waals surface area contributed by atoms with E-state index in [0.717, 1.165) is 18.4 Å². The zero-order valence-corrected chi connectivity index (χ0v) is 13.6. The number of rotatable bonds is 5. The molecule has 1 aromatic rings. The van der Waals surface area contributed by atoms with Gasteiger partial charge in [-0.05, 0) is 48.9 Å². The van der Waals surface area contributed by atoms with Crippen LogP contribution < -0.4 is 5.32 Å². The molecule has 0 spiro atoms. The van der Waals surface area contributed by atoms with E-state index in [2.05, 4.69) is 17.1 Å². The Morgan fingerprint density at radius 1 is 1.24 bits per heavy atom. The molecule has 3 nitrogen and oxygen atoms in total. The molecule has 1 aliphatic heterocycles. The molecule has 3 rings (SSSR count). The minimum absolute atomic E-state index is 0.0882. The van der Waals surface area contributed by atoms with Crippen LogP contribution in [0, 0.1) is 17.8 Å². The normalized spacial score (nSPS) is 27.5. The average Bonchev–Trinajstić information content (AvgIpc) is 2.88. The van der Waals surface area contributed by atoms with Crippen molar-refractivity contribution in [3.63, 3.8) is 0 Å². The van der Waals surface area contributed by atoms with Gasteiger partial charge >= 0.3 is 0 Å². The van der Waals surface area contributed by atoms with E-state index in [1.165, 1.54) is 26.1 Å². The van der Waals surface area contributed by atoms with Gasteiger partial charge in [-0.1, -0.05) is 30.1 Å². The highest BCUT2D eigenvalue weighted by Crippen LogP contribution is 2.51. The lowest BCUT2D eigenvalue weighted by Crippen LogP contribution is -2.31. The van der Waals surface area contributed by atoms with Crippen LogP contribution in [0.2, 0.25) is 10.0 Å². The van der Waals surface area contributed by atoms with Crippen molar-refractivity contribution < 1.29 is 4.79 Å². The Bertz CT molecular complexity index is 517. The van der Waals surface area contributed by atoms with Crippen LogP contribution in [0.25, 0.3) is 0 Å². The van der Waals surface area contributed by atoms with Crippen LogP contribution in [0.1, 0.15) is 23.7 Å². The number of benzene rings is 1. The molecule has 114 valence electrons. The lowest BCUT2D eigenvalue weighted by molar-refractivity contribution is 0.0949. The van der Waals surface area contributed by atoms with Crippen molar-refractivity contribution in [2.45, 2.75) is 13.3 Å². The number of hydrogen-bond acceptors (Lipinski definition) is 2. The average molecular weight is 327 g/mol. The van der Waals surface area contributed by atoms with Crippen LogP contribution >= 0.6 is 23.2 Å². The molecule has 1 aliphatic carbocycles. The first-order valence-corrected chi connectivity index (χ1v) is 8.30. The fourth-order valence-corrected chi connectivity index (χ4v) is 4.06. The lowest BCUT2D eigenvalue weighted by atomic mass is 10.2. The summed E-state index contributed by atoms with van der Waals surface area (Å²) in [6, 6.07) is 4.94. The first-order chi connectivity index (χ1) is 10.1. The van der Waals surface area contributed by atoms with Gasteiger partial charge in [0, 0.05) is 35.2 Å². The van der Waals surface area contributed by atoms with Gasteiger partial charge in [-0.25, -0.2) is 0 Å². The van der Waals surface area contributed by atoms with Crippen LogP contribution in [0.15, 0.2) is 18.2 Å². The van der Waals surface area contributed by atoms with Crippen LogP contribution in [0.4, 0.5) is 0 Å². The Balaban J connectivity index is 1.48. The van der Waals surface area contributed by atoms with E-state index in [1.54, 1.807) is 18.2 Å². The molecule has 2 fully saturated rings. The van der Waals surface area contributed by atoms with E-state index in [-0.39, 0.29) is 5.91 Å². The summed E-state index contributed by atoms with van der Waals surface area (Å²) >= 11 is 11.8. The number of nitrogens with zero attached hydrogens (tertiary/aromatic N) is 1. The minimum Gasteiger partial charge on any atom is -0.352 e. The largest absolute Gasteiger partial charge is 0.352 e. The molecule has 1 aromatic carbocycles. The van der Waals surface area contributed by atoms with Crippen molar-refractivity contribution in [1.29, 1.82) is 0 Å². The second-order valence-corrected chi connectivity index (χ2v) is 6.99. The third-order valence-corrected chi connectivity index (χ3v) is 5.05. The molecule has 3 atom stereocenters. The van der Waals surface area contributed by atoms with Crippen molar-refractivity contribution >= 4 is 29.1 Å². The third kappa shape index (κ3) is 3.36. The number of hydrogen-bond donors (Lipinski definition) is 1. The van der Waals surface area contributed by atoms with Gasteiger partial charge in [-0.15, -0.1) is 0 Å². The Kier molecular flexibility index (Phi) is 4.43. The smallest absolute Gasteiger partial charge is 0.251 e. The Hall–Kier alpha value is -0.770. The van der Waals surface area contributed by atoms with Gasteiger partial charge in [-0.2, -0.15) is 0 Å². The van der Waals surface area contributed by atoms with E-state index >= 15 is 0 Å². The van der Waals surface area contributed by atoms with Crippen LogP contribution in [0.3, 0.4) is 0 Å². The zero-order valence-electron chi connectivity index (χ0n) is 12.1. The summed E-state index contributed by atoms with van der Waals surface area (Å²) < 4.78 is 0. The molecule has 1 N–H and O–H groups in total. The molecule has 1 saturated carbocycles. The second-order valence-electron chi connectivity index (χ2n) is 6.12. The zero-order chi connectivity index (χ0) is 15.0. The van der Waals surface area contributed by atoms with Crippen molar-refractivity contribution in [3.8, 4) is 0 Å². The second kappa shape index (κ2) is 6.15. The number of halogens is 2. The van der Waals surface area contributed by atoms with Crippen molar-refractivity contribution in [2.24, 2.45) is 17.8 Å². The standard InChI is InChI=1S/C16H20Cl2N2O/c1-2-3-20-8-14-13(15(14)9-20)7-19-16(21)10-4-11(17)6-12(18)5-10/h4-6,13-15H,2-3,7-9H2,1H3,(H,19,21)/t13?,14-,15+. The molecule has 0 radical (unpaired) electrons. The fourth-order valence-electron chi connectivity index (χ4n) is 3.54. The Labute approximate surface area is 135 Å². The molecule has 2 aliphatic rings. The number of fused-ring (bicyclic) bond motifs is 1. The van der Waals surface area contributed by atoms with E-state index in [0.29, 0.717) is 21.5 Å². The predicted octanol–water partition coefficient (Wildman–Crippen LogP) is 3.31. The van der Waals surface area contributed by atoms with Crippen molar-refractivity contribution in [1.82, 2.24) is 10.2 Å². The van der Waals surface area contributed by atoms with Gasteiger partial charge in [0.25, 0.3) is 5.91 Å². The first kappa shape index (κ1) is 15.1. The molecule has 1 heterocycles. The van der Waals surface area contributed by atoms with Gasteiger partial charge in [0.05, 0.1) is 0 Å². The first-order valence-electron chi connectivity index (χ1n) is 7.55. The topological polar surface area (TPSA) is 32.3 Å². The van der Waals surface area contributed by atoms with E-state index < -0.39 is 0 Å².